The van der Waals surface area contributed by atoms with Gasteiger partial charge in [0.05, 0.1) is 12.5 Å². The van der Waals surface area contributed by atoms with Gasteiger partial charge >= 0.3 is 0 Å². The van der Waals surface area contributed by atoms with Crippen LogP contribution in [-0.2, 0) is 16.0 Å². The molecule has 0 radical (unpaired) electrons. The summed E-state index contributed by atoms with van der Waals surface area (Å²) in [5, 5.41) is 9.33. The molecule has 1 unspecified atom stereocenters. The standard InChI is InChI=1S/C21H27N7O3/c1-27(20(31)14-4-2-13(3-5-14)16-6-7-18(29)23-16)15-8-10-28(11-9-15)19(30)12-17-24-21(22)26-25-17/h2-5,15-16H,6-12H2,1H3,(H,23,29)(H3,22,24,25,26). The molecule has 2 saturated heterocycles. The van der Waals surface area contributed by atoms with E-state index < -0.39 is 0 Å². The number of carbonyl (C=O) groups excluding carboxylic acids is 3. The van der Waals surface area contributed by atoms with E-state index in [4.69, 9.17) is 5.73 Å². The maximum absolute atomic E-state index is 12.9. The van der Waals surface area contributed by atoms with Gasteiger partial charge in [0, 0.05) is 38.2 Å². The first-order valence-electron chi connectivity index (χ1n) is 10.5. The van der Waals surface area contributed by atoms with E-state index in [0.29, 0.717) is 30.9 Å². The van der Waals surface area contributed by atoms with Crippen molar-refractivity contribution in [3.63, 3.8) is 0 Å². The number of H-pyrrole nitrogens is 1. The van der Waals surface area contributed by atoms with Crippen LogP contribution in [-0.4, -0.2) is 68.9 Å². The van der Waals surface area contributed by atoms with Crippen molar-refractivity contribution in [1.82, 2.24) is 30.3 Å². The van der Waals surface area contributed by atoms with Crippen molar-refractivity contribution < 1.29 is 14.4 Å². The summed E-state index contributed by atoms with van der Waals surface area (Å²) < 4.78 is 0. The number of nitrogen functional groups attached to an aromatic ring is 1. The van der Waals surface area contributed by atoms with Crippen LogP contribution in [0.1, 0.15) is 53.5 Å². The fourth-order valence-corrected chi connectivity index (χ4v) is 4.24. The van der Waals surface area contributed by atoms with Crippen LogP contribution in [0.3, 0.4) is 0 Å². The Balaban J connectivity index is 1.29. The van der Waals surface area contributed by atoms with Crippen molar-refractivity contribution in [2.75, 3.05) is 25.9 Å². The zero-order valence-corrected chi connectivity index (χ0v) is 17.5. The number of nitrogens with zero attached hydrogens (tertiary/aromatic N) is 4. The van der Waals surface area contributed by atoms with Crippen molar-refractivity contribution in [1.29, 1.82) is 0 Å². The molecule has 164 valence electrons. The van der Waals surface area contributed by atoms with Crippen LogP contribution in [0.2, 0.25) is 0 Å². The van der Waals surface area contributed by atoms with Crippen LogP contribution in [0.4, 0.5) is 5.95 Å². The Morgan fingerprint density at radius 1 is 1.19 bits per heavy atom. The summed E-state index contributed by atoms with van der Waals surface area (Å²) in [4.78, 5) is 44.3. The van der Waals surface area contributed by atoms with Crippen LogP contribution in [0.5, 0.6) is 0 Å². The van der Waals surface area contributed by atoms with Gasteiger partial charge in [-0.05, 0) is 37.0 Å². The number of carbonyl (C=O) groups is 3. The summed E-state index contributed by atoms with van der Waals surface area (Å²) in [5.74, 6) is 0.585. The maximum atomic E-state index is 12.9. The van der Waals surface area contributed by atoms with Gasteiger partial charge in [0.15, 0.2) is 0 Å². The lowest BCUT2D eigenvalue weighted by Crippen LogP contribution is -2.47. The fourth-order valence-electron chi connectivity index (χ4n) is 4.24. The molecule has 2 aromatic rings. The normalized spacial score (nSPS) is 19.3. The highest BCUT2D eigenvalue weighted by molar-refractivity contribution is 5.94. The van der Waals surface area contributed by atoms with E-state index in [9.17, 15) is 14.4 Å². The van der Waals surface area contributed by atoms with Crippen LogP contribution in [0.25, 0.3) is 0 Å². The van der Waals surface area contributed by atoms with Gasteiger partial charge in [0.2, 0.25) is 17.8 Å². The van der Waals surface area contributed by atoms with Crippen molar-refractivity contribution in [3.05, 3.63) is 41.2 Å². The molecule has 0 spiro atoms. The van der Waals surface area contributed by atoms with E-state index in [1.54, 1.807) is 9.80 Å². The van der Waals surface area contributed by atoms with Gasteiger partial charge in [-0.1, -0.05) is 12.1 Å². The minimum absolute atomic E-state index is 0.0295. The summed E-state index contributed by atoms with van der Waals surface area (Å²) >= 11 is 0. The van der Waals surface area contributed by atoms with Crippen LogP contribution >= 0.6 is 0 Å². The van der Waals surface area contributed by atoms with Gasteiger partial charge in [-0.2, -0.15) is 4.98 Å². The molecule has 2 fully saturated rings. The first-order chi connectivity index (χ1) is 14.9. The largest absolute Gasteiger partial charge is 0.367 e. The van der Waals surface area contributed by atoms with Gasteiger partial charge in [-0.15, -0.1) is 5.10 Å². The third-order valence-corrected chi connectivity index (χ3v) is 6.11. The van der Waals surface area contributed by atoms with Crippen molar-refractivity contribution in [3.8, 4) is 0 Å². The van der Waals surface area contributed by atoms with Gasteiger partial charge in [-0.3, -0.25) is 19.5 Å². The Kier molecular flexibility index (Phi) is 5.88. The SMILES string of the molecule is CN(C(=O)c1ccc(C2CCC(=O)N2)cc1)C1CCN(C(=O)Cc2nc(N)n[nH]2)CC1. The second-order valence-electron chi connectivity index (χ2n) is 8.13. The second-order valence-corrected chi connectivity index (χ2v) is 8.13. The van der Waals surface area contributed by atoms with E-state index in [-0.39, 0.29) is 42.2 Å². The molecule has 10 nitrogen and oxygen atoms in total. The molecule has 1 aromatic heterocycles. The number of amides is 3. The smallest absolute Gasteiger partial charge is 0.253 e. The third-order valence-electron chi connectivity index (χ3n) is 6.11. The number of anilines is 1. The number of aromatic amines is 1. The Morgan fingerprint density at radius 2 is 1.90 bits per heavy atom. The van der Waals surface area contributed by atoms with Gasteiger partial charge in [0.1, 0.15) is 5.82 Å². The number of likely N-dealkylation sites (tertiary alicyclic amines) is 1. The minimum Gasteiger partial charge on any atom is -0.367 e. The number of nitrogens with two attached hydrogens (primary N) is 1. The van der Waals surface area contributed by atoms with E-state index in [2.05, 4.69) is 20.5 Å². The van der Waals surface area contributed by atoms with E-state index in [1.807, 2.05) is 31.3 Å². The molecule has 0 saturated carbocycles. The molecule has 3 heterocycles. The number of aromatic nitrogens is 3. The molecule has 10 heteroatoms. The number of hydrogen-bond donors (Lipinski definition) is 3. The molecule has 3 amide bonds. The zero-order valence-electron chi connectivity index (χ0n) is 17.5. The molecule has 4 N–H and O–H groups in total. The van der Waals surface area contributed by atoms with E-state index in [1.165, 1.54) is 0 Å². The maximum Gasteiger partial charge on any atom is 0.253 e. The summed E-state index contributed by atoms with van der Waals surface area (Å²) in [6, 6.07) is 7.57. The predicted molar refractivity (Wildman–Crippen MR) is 113 cm³/mol. The molecular formula is C21H27N7O3. The molecular weight excluding hydrogens is 398 g/mol. The number of rotatable bonds is 5. The molecule has 2 aliphatic heterocycles. The number of hydrogen-bond acceptors (Lipinski definition) is 6. The summed E-state index contributed by atoms with van der Waals surface area (Å²) in [5.41, 5.74) is 7.11. The number of benzene rings is 1. The van der Waals surface area contributed by atoms with Gasteiger partial charge in [-0.25, -0.2) is 0 Å². The highest BCUT2D eigenvalue weighted by Gasteiger charge is 2.29. The Hall–Kier alpha value is -3.43. The van der Waals surface area contributed by atoms with Crippen molar-refractivity contribution in [2.24, 2.45) is 0 Å². The van der Waals surface area contributed by atoms with E-state index in [0.717, 1.165) is 24.8 Å². The topological polar surface area (TPSA) is 137 Å². The molecule has 31 heavy (non-hydrogen) atoms. The molecule has 2 aliphatic rings. The highest BCUT2D eigenvalue weighted by Crippen LogP contribution is 2.25. The van der Waals surface area contributed by atoms with Gasteiger partial charge in [0.25, 0.3) is 5.91 Å². The van der Waals surface area contributed by atoms with E-state index >= 15 is 0 Å². The van der Waals surface area contributed by atoms with Crippen molar-refractivity contribution in [2.45, 2.75) is 44.2 Å². The lowest BCUT2D eigenvalue weighted by molar-refractivity contribution is -0.132. The monoisotopic (exact) mass is 425 g/mol. The molecule has 0 aliphatic carbocycles. The summed E-state index contributed by atoms with van der Waals surface area (Å²) in [6.07, 6.45) is 2.91. The molecule has 1 atom stereocenters. The van der Waals surface area contributed by atoms with Crippen LogP contribution < -0.4 is 11.1 Å². The average molecular weight is 425 g/mol. The molecule has 4 rings (SSSR count). The minimum atomic E-state index is -0.0380. The highest BCUT2D eigenvalue weighted by atomic mass is 16.2. The lowest BCUT2D eigenvalue weighted by Gasteiger charge is -2.36. The zero-order chi connectivity index (χ0) is 22.0. The second kappa shape index (κ2) is 8.75. The quantitative estimate of drug-likeness (QED) is 0.643. The lowest BCUT2D eigenvalue weighted by atomic mass is 10.0. The van der Waals surface area contributed by atoms with Crippen molar-refractivity contribution >= 4 is 23.7 Å². The van der Waals surface area contributed by atoms with Gasteiger partial charge < -0.3 is 20.9 Å². The third kappa shape index (κ3) is 4.68. The van der Waals surface area contributed by atoms with Crippen LogP contribution in [0.15, 0.2) is 24.3 Å². The molecule has 0 bridgehead atoms. The Labute approximate surface area is 180 Å². The average Bonchev–Trinajstić information content (AvgIpc) is 3.40. The first-order valence-corrected chi connectivity index (χ1v) is 10.5. The van der Waals surface area contributed by atoms with Crippen LogP contribution in [0, 0.1) is 0 Å². The fraction of sp³-hybridized carbons (Fsp3) is 0.476. The Morgan fingerprint density at radius 3 is 2.48 bits per heavy atom. The Bertz CT molecular complexity index is 964. The first kappa shape index (κ1) is 20.8. The number of nitrogens with one attached hydrogen (secondary N) is 2. The number of piperidine rings is 1. The summed E-state index contributed by atoms with van der Waals surface area (Å²) in [7, 11) is 1.81. The summed E-state index contributed by atoms with van der Waals surface area (Å²) in [6.45, 7) is 1.18. The molecule has 1 aromatic carbocycles. The predicted octanol–water partition coefficient (Wildman–Crippen LogP) is 0.644.